The third-order valence-electron chi connectivity index (χ3n) is 5.86. The zero-order valence-corrected chi connectivity index (χ0v) is 21.9. The summed E-state index contributed by atoms with van der Waals surface area (Å²) in [5, 5.41) is 2.77. The highest BCUT2D eigenvalue weighted by atomic mass is 16.5. The maximum Gasteiger partial charge on any atom is 0.324 e. The number of nitrogens with zero attached hydrogens (tertiary/aromatic N) is 1. The first-order valence-corrected chi connectivity index (χ1v) is 12.8. The Labute approximate surface area is 215 Å². The van der Waals surface area contributed by atoms with Crippen molar-refractivity contribution in [2.24, 2.45) is 5.73 Å². The number of ether oxygens (including phenoxy) is 3. The van der Waals surface area contributed by atoms with Crippen LogP contribution in [0.4, 0.5) is 16.2 Å². The molecule has 0 radical (unpaired) electrons. The van der Waals surface area contributed by atoms with Crippen LogP contribution in [0.25, 0.3) is 0 Å². The van der Waals surface area contributed by atoms with Crippen LogP contribution in [0.15, 0.2) is 42.5 Å². The van der Waals surface area contributed by atoms with E-state index in [1.807, 2.05) is 12.1 Å². The third-order valence-corrected chi connectivity index (χ3v) is 5.86. The van der Waals surface area contributed by atoms with Crippen LogP contribution in [0, 0.1) is 0 Å². The second-order valence-electron chi connectivity index (χ2n) is 8.63. The lowest BCUT2D eigenvalue weighted by Gasteiger charge is -2.23. The Bertz CT molecular complexity index is 933. The van der Waals surface area contributed by atoms with E-state index in [-0.39, 0.29) is 5.91 Å². The topological polar surface area (TPSA) is 103 Å². The highest BCUT2D eigenvalue weighted by Gasteiger charge is 2.21. The van der Waals surface area contributed by atoms with Gasteiger partial charge < -0.3 is 25.3 Å². The van der Waals surface area contributed by atoms with E-state index in [1.165, 1.54) is 50.5 Å². The van der Waals surface area contributed by atoms with Gasteiger partial charge in [-0.05, 0) is 48.9 Å². The molecule has 0 aliphatic rings. The molecule has 8 heteroatoms. The van der Waals surface area contributed by atoms with E-state index in [4.69, 9.17) is 19.9 Å². The van der Waals surface area contributed by atoms with Crippen LogP contribution in [-0.2, 0) is 4.74 Å². The number of methoxy groups -OCH3 is 2. The van der Waals surface area contributed by atoms with Gasteiger partial charge >= 0.3 is 6.03 Å². The molecule has 0 saturated carbocycles. The van der Waals surface area contributed by atoms with Crippen molar-refractivity contribution in [3.63, 3.8) is 0 Å². The minimum absolute atomic E-state index is 0.287. The number of carbonyl (C=O) groups excluding carboxylic acids is 2. The number of urea groups is 1. The van der Waals surface area contributed by atoms with Crippen LogP contribution >= 0.6 is 0 Å². The number of amides is 3. The predicted octanol–water partition coefficient (Wildman–Crippen LogP) is 5.81. The van der Waals surface area contributed by atoms with E-state index < -0.39 is 6.03 Å². The van der Waals surface area contributed by atoms with Gasteiger partial charge in [0, 0.05) is 19.2 Å². The molecule has 2 aromatic rings. The monoisotopic (exact) mass is 499 g/mol. The molecule has 0 atom stereocenters. The summed E-state index contributed by atoms with van der Waals surface area (Å²) in [5.74, 6) is 0.853. The lowest BCUT2D eigenvalue weighted by Crippen LogP contribution is -2.32. The van der Waals surface area contributed by atoms with Crippen LogP contribution in [0.5, 0.6) is 11.5 Å². The number of nitrogens with one attached hydrogen (secondary N) is 1. The maximum absolute atomic E-state index is 12.5. The van der Waals surface area contributed by atoms with Gasteiger partial charge in [-0.1, -0.05) is 51.9 Å². The molecule has 0 spiro atoms. The second kappa shape index (κ2) is 16.4. The minimum atomic E-state index is -0.696. The number of nitrogens with two attached hydrogens (primary N) is 1. The van der Waals surface area contributed by atoms with E-state index in [0.717, 1.165) is 18.6 Å². The summed E-state index contributed by atoms with van der Waals surface area (Å²) >= 11 is 0. The molecule has 0 fully saturated rings. The highest BCUT2D eigenvalue weighted by Crippen LogP contribution is 2.35. The summed E-state index contributed by atoms with van der Waals surface area (Å²) in [4.78, 5) is 26.3. The molecule has 0 saturated heterocycles. The number of carbonyl (C=O) groups is 2. The Morgan fingerprint density at radius 2 is 1.56 bits per heavy atom. The zero-order chi connectivity index (χ0) is 26.2. The molecule has 0 heterocycles. The number of benzene rings is 2. The quantitative estimate of drug-likeness (QED) is 0.268. The molecule has 2 aromatic carbocycles. The van der Waals surface area contributed by atoms with Crippen molar-refractivity contribution in [2.45, 2.75) is 58.3 Å². The highest BCUT2D eigenvalue weighted by molar-refractivity contribution is 6.02. The fourth-order valence-electron chi connectivity index (χ4n) is 3.88. The Hall–Kier alpha value is -3.26. The molecule has 36 heavy (non-hydrogen) atoms. The number of primary amides is 1. The molecule has 2 rings (SSSR count). The average Bonchev–Trinajstić information content (AvgIpc) is 2.88. The summed E-state index contributed by atoms with van der Waals surface area (Å²) < 4.78 is 16.3. The molecular formula is C28H41N3O5. The predicted molar refractivity (Wildman–Crippen MR) is 143 cm³/mol. The van der Waals surface area contributed by atoms with Gasteiger partial charge in [-0.3, -0.25) is 9.69 Å². The second-order valence-corrected chi connectivity index (χ2v) is 8.63. The number of rotatable bonds is 17. The zero-order valence-electron chi connectivity index (χ0n) is 21.9. The Morgan fingerprint density at radius 3 is 2.17 bits per heavy atom. The molecule has 0 aliphatic carbocycles. The van der Waals surface area contributed by atoms with Crippen LogP contribution in [0.2, 0.25) is 0 Å². The van der Waals surface area contributed by atoms with E-state index in [9.17, 15) is 9.59 Å². The van der Waals surface area contributed by atoms with Crippen LogP contribution in [0.3, 0.4) is 0 Å². The Kier molecular flexibility index (Phi) is 13.2. The van der Waals surface area contributed by atoms with Crippen molar-refractivity contribution in [1.29, 1.82) is 0 Å². The average molecular weight is 500 g/mol. The van der Waals surface area contributed by atoms with Gasteiger partial charge in [0.25, 0.3) is 5.91 Å². The molecule has 3 N–H and O–H groups in total. The van der Waals surface area contributed by atoms with Gasteiger partial charge in [-0.2, -0.15) is 0 Å². The van der Waals surface area contributed by atoms with Crippen LogP contribution in [0.1, 0.15) is 68.6 Å². The van der Waals surface area contributed by atoms with Gasteiger partial charge in [0.05, 0.1) is 31.7 Å². The molecule has 198 valence electrons. The number of unbranched alkanes of at least 4 members (excludes halogenated alkanes) is 7. The van der Waals surface area contributed by atoms with Crippen molar-refractivity contribution in [1.82, 2.24) is 5.32 Å². The molecule has 0 aliphatic heterocycles. The van der Waals surface area contributed by atoms with Gasteiger partial charge in [-0.15, -0.1) is 0 Å². The van der Waals surface area contributed by atoms with E-state index in [0.29, 0.717) is 42.4 Å². The summed E-state index contributed by atoms with van der Waals surface area (Å²) in [6.07, 6.45) is 9.96. The SMILES string of the molecule is CCCCCCCCCCOc1ccc(N(C(N)=O)c2cc(C(=O)NCCOC)ccc2OC)cc1. The number of hydrogen-bond donors (Lipinski definition) is 2. The molecular weight excluding hydrogens is 458 g/mol. The molecule has 0 unspecified atom stereocenters. The lowest BCUT2D eigenvalue weighted by molar-refractivity contribution is 0.0937. The van der Waals surface area contributed by atoms with Gasteiger partial charge in [-0.25, -0.2) is 4.79 Å². The van der Waals surface area contributed by atoms with Crippen molar-refractivity contribution < 1.29 is 23.8 Å². The minimum Gasteiger partial charge on any atom is -0.495 e. The standard InChI is InChI=1S/C28H41N3O5/c1-4-5-6-7-8-9-10-11-19-36-24-15-13-23(14-16-24)31(28(29)33)25-21-22(12-17-26(25)35-3)27(32)30-18-20-34-2/h12-17,21H,4-11,18-20H2,1-3H3,(H2,29,33)(H,30,32). The molecule has 8 nitrogen and oxygen atoms in total. The third kappa shape index (κ3) is 9.41. The number of anilines is 2. The normalized spacial score (nSPS) is 10.6. The Balaban J connectivity index is 2.02. The van der Waals surface area contributed by atoms with Crippen molar-refractivity contribution in [3.8, 4) is 11.5 Å². The lowest BCUT2D eigenvalue weighted by atomic mass is 10.1. The summed E-state index contributed by atoms with van der Waals surface area (Å²) in [7, 11) is 3.06. The maximum atomic E-state index is 12.5. The van der Waals surface area contributed by atoms with E-state index in [1.54, 1.807) is 37.4 Å². The Morgan fingerprint density at radius 1 is 0.889 bits per heavy atom. The molecule has 3 amide bonds. The van der Waals surface area contributed by atoms with Crippen molar-refractivity contribution in [3.05, 3.63) is 48.0 Å². The smallest absolute Gasteiger partial charge is 0.324 e. The first-order valence-electron chi connectivity index (χ1n) is 12.8. The fourth-order valence-corrected chi connectivity index (χ4v) is 3.88. The van der Waals surface area contributed by atoms with Gasteiger partial charge in [0.1, 0.15) is 11.5 Å². The van der Waals surface area contributed by atoms with Gasteiger partial charge in [0.2, 0.25) is 0 Å². The van der Waals surface area contributed by atoms with Crippen LogP contribution in [-0.4, -0.2) is 45.9 Å². The molecule has 0 aromatic heterocycles. The summed E-state index contributed by atoms with van der Waals surface area (Å²) in [5.41, 5.74) is 7.02. The van der Waals surface area contributed by atoms with E-state index in [2.05, 4.69) is 12.2 Å². The van der Waals surface area contributed by atoms with Gasteiger partial charge in [0.15, 0.2) is 0 Å². The molecule has 0 bridgehead atoms. The van der Waals surface area contributed by atoms with Crippen molar-refractivity contribution >= 4 is 23.3 Å². The largest absolute Gasteiger partial charge is 0.495 e. The van der Waals surface area contributed by atoms with Crippen molar-refractivity contribution in [2.75, 3.05) is 38.9 Å². The summed E-state index contributed by atoms with van der Waals surface area (Å²) in [6, 6.07) is 11.3. The fraction of sp³-hybridized carbons (Fsp3) is 0.500. The van der Waals surface area contributed by atoms with E-state index >= 15 is 0 Å². The first kappa shape index (κ1) is 29.0. The number of hydrogen-bond acceptors (Lipinski definition) is 5. The van der Waals surface area contributed by atoms with Crippen LogP contribution < -0.4 is 25.4 Å². The summed E-state index contributed by atoms with van der Waals surface area (Å²) in [6.45, 7) is 3.66. The first-order chi connectivity index (χ1) is 17.5.